The summed E-state index contributed by atoms with van der Waals surface area (Å²) in [5, 5.41) is 4.05. The van der Waals surface area contributed by atoms with Crippen molar-refractivity contribution in [2.24, 2.45) is 0 Å². The van der Waals surface area contributed by atoms with Crippen LogP contribution in [-0.2, 0) is 4.79 Å². The zero-order valence-electron chi connectivity index (χ0n) is 12.5. The van der Waals surface area contributed by atoms with Gasteiger partial charge in [-0.2, -0.15) is 0 Å². The summed E-state index contributed by atoms with van der Waals surface area (Å²) in [4.78, 5) is 23.2. The quantitative estimate of drug-likeness (QED) is 0.701. The van der Waals surface area contributed by atoms with Crippen LogP contribution in [0, 0.1) is 0 Å². The third-order valence-corrected chi connectivity index (χ3v) is 3.31. The lowest BCUT2D eigenvalue weighted by Crippen LogP contribution is -2.00. The fourth-order valence-electron chi connectivity index (χ4n) is 2.31. The molecular formula is C16H15N5O2. The van der Waals surface area contributed by atoms with E-state index in [4.69, 9.17) is 10.5 Å². The normalized spacial score (nSPS) is 10.5. The topological polar surface area (TPSA) is 103 Å². The van der Waals surface area contributed by atoms with E-state index < -0.39 is 0 Å². The minimum Gasteiger partial charge on any atom is -0.493 e. The molecule has 116 valence electrons. The molecule has 0 aliphatic rings. The zero-order chi connectivity index (χ0) is 16.2. The molecule has 1 amide bonds. The van der Waals surface area contributed by atoms with Gasteiger partial charge in [0, 0.05) is 24.0 Å². The van der Waals surface area contributed by atoms with E-state index in [1.165, 1.54) is 0 Å². The number of hydrogen-bond acceptors (Lipinski definition) is 6. The van der Waals surface area contributed by atoms with Crippen LogP contribution in [0.4, 0.5) is 11.6 Å². The van der Waals surface area contributed by atoms with Gasteiger partial charge in [-0.15, -0.1) is 0 Å². The van der Waals surface area contributed by atoms with E-state index in [0.717, 1.165) is 10.9 Å². The lowest BCUT2D eigenvalue weighted by atomic mass is 10.1. The van der Waals surface area contributed by atoms with Crippen molar-refractivity contribution in [1.29, 1.82) is 0 Å². The number of amides is 1. The Kier molecular flexibility index (Phi) is 4.01. The molecule has 7 nitrogen and oxygen atoms in total. The van der Waals surface area contributed by atoms with Crippen molar-refractivity contribution in [1.82, 2.24) is 15.0 Å². The van der Waals surface area contributed by atoms with Crippen LogP contribution in [0.25, 0.3) is 22.0 Å². The Hall–Kier alpha value is -3.22. The number of hydrogen-bond donors (Lipinski definition) is 2. The summed E-state index contributed by atoms with van der Waals surface area (Å²) in [6.45, 7) is 2.45. The molecule has 3 heterocycles. The highest BCUT2D eigenvalue weighted by Crippen LogP contribution is 2.32. The van der Waals surface area contributed by atoms with Gasteiger partial charge in [-0.1, -0.05) is 0 Å². The minimum absolute atomic E-state index is 0.356. The van der Waals surface area contributed by atoms with Gasteiger partial charge in [-0.05, 0) is 30.5 Å². The van der Waals surface area contributed by atoms with E-state index in [1.807, 2.05) is 13.0 Å². The molecule has 0 aliphatic heterocycles. The van der Waals surface area contributed by atoms with Crippen molar-refractivity contribution in [3.8, 4) is 17.0 Å². The van der Waals surface area contributed by atoms with Crippen LogP contribution >= 0.6 is 0 Å². The number of nitrogens with two attached hydrogens (primary N) is 1. The number of pyridine rings is 3. The summed E-state index contributed by atoms with van der Waals surface area (Å²) in [6, 6.07) is 5.39. The molecule has 3 N–H and O–H groups in total. The molecule has 3 rings (SSSR count). The van der Waals surface area contributed by atoms with Crippen LogP contribution in [0.15, 0.2) is 36.8 Å². The SMILES string of the molecule is CCOc1ccncc1-c1cc2cc(NC=O)ncc2c(N)n1. The smallest absolute Gasteiger partial charge is 0.212 e. The van der Waals surface area contributed by atoms with E-state index in [0.29, 0.717) is 41.5 Å². The molecule has 7 heteroatoms. The van der Waals surface area contributed by atoms with Crippen molar-refractivity contribution >= 4 is 28.8 Å². The Morgan fingerprint density at radius 3 is 3.00 bits per heavy atom. The predicted molar refractivity (Wildman–Crippen MR) is 88.0 cm³/mol. The number of carbonyl (C=O) groups excluding carboxylic acids is 1. The fraction of sp³-hybridized carbons (Fsp3) is 0.125. The van der Waals surface area contributed by atoms with Crippen molar-refractivity contribution in [3.05, 3.63) is 36.8 Å². The molecule has 3 aromatic heterocycles. The van der Waals surface area contributed by atoms with E-state index in [2.05, 4.69) is 20.3 Å². The Morgan fingerprint density at radius 1 is 1.35 bits per heavy atom. The summed E-state index contributed by atoms with van der Waals surface area (Å²) >= 11 is 0. The average Bonchev–Trinajstić information content (AvgIpc) is 2.55. The van der Waals surface area contributed by atoms with Gasteiger partial charge in [-0.25, -0.2) is 9.97 Å². The molecule has 0 fully saturated rings. The van der Waals surface area contributed by atoms with Gasteiger partial charge in [0.2, 0.25) is 6.41 Å². The van der Waals surface area contributed by atoms with Crippen LogP contribution in [0.3, 0.4) is 0 Å². The molecule has 0 atom stereocenters. The summed E-state index contributed by atoms with van der Waals surface area (Å²) in [5.41, 5.74) is 7.44. The van der Waals surface area contributed by atoms with Crippen molar-refractivity contribution in [3.63, 3.8) is 0 Å². The Morgan fingerprint density at radius 2 is 2.22 bits per heavy atom. The van der Waals surface area contributed by atoms with E-state index in [1.54, 1.807) is 30.7 Å². The first-order chi connectivity index (χ1) is 11.2. The van der Waals surface area contributed by atoms with Crippen LogP contribution in [0.2, 0.25) is 0 Å². The number of ether oxygens (including phenoxy) is 1. The number of carbonyl (C=O) groups is 1. The number of fused-ring (bicyclic) bond motifs is 1. The molecule has 0 saturated heterocycles. The maximum absolute atomic E-state index is 10.6. The number of nitrogens with zero attached hydrogens (tertiary/aromatic N) is 3. The molecule has 0 spiro atoms. The molecule has 0 unspecified atom stereocenters. The van der Waals surface area contributed by atoms with E-state index >= 15 is 0 Å². The molecule has 0 aliphatic carbocycles. The van der Waals surface area contributed by atoms with Gasteiger partial charge < -0.3 is 15.8 Å². The molecule has 0 saturated carbocycles. The van der Waals surface area contributed by atoms with Gasteiger partial charge in [0.15, 0.2) is 0 Å². The van der Waals surface area contributed by atoms with Gasteiger partial charge in [-0.3, -0.25) is 9.78 Å². The lowest BCUT2D eigenvalue weighted by molar-refractivity contribution is -0.105. The monoisotopic (exact) mass is 309 g/mol. The van der Waals surface area contributed by atoms with Crippen LogP contribution < -0.4 is 15.8 Å². The van der Waals surface area contributed by atoms with Gasteiger partial charge in [0.25, 0.3) is 0 Å². The highest BCUT2D eigenvalue weighted by molar-refractivity contribution is 5.95. The Bertz CT molecular complexity index is 866. The maximum Gasteiger partial charge on any atom is 0.212 e. The molecule has 3 aromatic rings. The third kappa shape index (κ3) is 2.89. The molecular weight excluding hydrogens is 294 g/mol. The molecule has 0 bridgehead atoms. The van der Waals surface area contributed by atoms with Gasteiger partial charge in [0.05, 0.1) is 17.9 Å². The second-order valence-corrected chi connectivity index (χ2v) is 4.75. The van der Waals surface area contributed by atoms with Gasteiger partial charge >= 0.3 is 0 Å². The standard InChI is InChI=1S/C16H15N5O2/c1-2-23-14-3-4-18-7-12(14)13-5-10-6-15(20-9-22)19-8-11(10)16(17)21-13/h3-9H,2H2,1H3,(H2,17,21)(H,19,20,22). The largest absolute Gasteiger partial charge is 0.493 e. The highest BCUT2D eigenvalue weighted by Gasteiger charge is 2.11. The molecule has 23 heavy (non-hydrogen) atoms. The number of nitrogen functional groups attached to an aromatic ring is 1. The van der Waals surface area contributed by atoms with Crippen molar-refractivity contribution in [2.45, 2.75) is 6.92 Å². The van der Waals surface area contributed by atoms with Gasteiger partial charge in [0.1, 0.15) is 17.4 Å². The highest BCUT2D eigenvalue weighted by atomic mass is 16.5. The minimum atomic E-state index is 0.356. The second kappa shape index (κ2) is 6.27. The summed E-state index contributed by atoms with van der Waals surface area (Å²) < 4.78 is 5.61. The van der Waals surface area contributed by atoms with Crippen LogP contribution in [0.1, 0.15) is 6.92 Å². The summed E-state index contributed by atoms with van der Waals surface area (Å²) in [7, 11) is 0. The Labute approximate surface area is 132 Å². The number of rotatable bonds is 5. The van der Waals surface area contributed by atoms with Crippen LogP contribution in [-0.4, -0.2) is 28.0 Å². The van der Waals surface area contributed by atoms with E-state index in [9.17, 15) is 4.79 Å². The van der Waals surface area contributed by atoms with E-state index in [-0.39, 0.29) is 0 Å². The predicted octanol–water partition coefficient (Wildman–Crippen LogP) is 2.24. The number of anilines is 2. The zero-order valence-corrected chi connectivity index (χ0v) is 12.5. The molecule has 0 aromatic carbocycles. The second-order valence-electron chi connectivity index (χ2n) is 4.75. The summed E-state index contributed by atoms with van der Waals surface area (Å²) in [5.74, 6) is 1.49. The Balaban J connectivity index is 2.16. The average molecular weight is 309 g/mol. The maximum atomic E-state index is 10.6. The molecule has 0 radical (unpaired) electrons. The number of aromatic nitrogens is 3. The summed E-state index contributed by atoms with van der Waals surface area (Å²) in [6.07, 6.45) is 5.51. The first-order valence-electron chi connectivity index (χ1n) is 7.06. The van der Waals surface area contributed by atoms with Crippen LogP contribution in [0.5, 0.6) is 5.75 Å². The van der Waals surface area contributed by atoms with Crippen molar-refractivity contribution in [2.75, 3.05) is 17.7 Å². The first kappa shape index (κ1) is 14.7. The first-order valence-corrected chi connectivity index (χ1v) is 7.06. The fourth-order valence-corrected chi connectivity index (χ4v) is 2.31. The number of nitrogens with one attached hydrogen (secondary N) is 1. The van der Waals surface area contributed by atoms with Crippen molar-refractivity contribution < 1.29 is 9.53 Å². The third-order valence-electron chi connectivity index (χ3n) is 3.31. The lowest BCUT2D eigenvalue weighted by Gasteiger charge is -2.11.